The van der Waals surface area contributed by atoms with Gasteiger partial charge in [0.05, 0.1) is 0 Å². The van der Waals surface area contributed by atoms with Crippen molar-refractivity contribution < 1.29 is 19.8 Å². The third-order valence-corrected chi connectivity index (χ3v) is 6.21. The Morgan fingerprint density at radius 1 is 0.552 bits per heavy atom. The maximum Gasteiger partial charge on any atom is 0.303 e. The number of unbranched alkanes of at least 4 members (excludes halogenated alkanes) is 7. The van der Waals surface area contributed by atoms with Crippen LogP contribution in [0.5, 0.6) is 0 Å². The van der Waals surface area contributed by atoms with Gasteiger partial charge < -0.3 is 15.5 Å². The molecule has 5 heteroatoms. The van der Waals surface area contributed by atoms with Gasteiger partial charge in [-0.3, -0.25) is 9.59 Å². The molecule has 0 aliphatic heterocycles. The molecule has 2 fully saturated rings. The normalized spacial score (nSPS) is 18.1. The summed E-state index contributed by atoms with van der Waals surface area (Å²) in [7, 11) is 0. The molecule has 2 aliphatic rings. The summed E-state index contributed by atoms with van der Waals surface area (Å²) in [6.07, 6.45) is 23.1. The Bertz CT molecular complexity index is 377. The van der Waals surface area contributed by atoms with Crippen molar-refractivity contribution in [3.05, 3.63) is 0 Å². The number of carboxylic acids is 2. The van der Waals surface area contributed by atoms with Gasteiger partial charge in [0.25, 0.3) is 0 Å². The van der Waals surface area contributed by atoms with Crippen LogP contribution in [0.4, 0.5) is 0 Å². The Kier molecular flexibility index (Phi) is 15.9. The lowest BCUT2D eigenvalue weighted by Crippen LogP contribution is -2.40. The van der Waals surface area contributed by atoms with E-state index in [2.05, 4.69) is 5.32 Å². The highest BCUT2D eigenvalue weighted by atomic mass is 16.4. The van der Waals surface area contributed by atoms with Crippen LogP contribution in [0.3, 0.4) is 0 Å². The fourth-order valence-electron chi connectivity index (χ4n) is 4.48. The molecule has 0 aromatic rings. The lowest BCUT2D eigenvalue weighted by molar-refractivity contribution is -0.138. The fraction of sp³-hybridized carbons (Fsp3) is 0.917. The van der Waals surface area contributed by atoms with Gasteiger partial charge in [0.1, 0.15) is 0 Å². The number of carbonyl (C=O) groups is 2. The van der Waals surface area contributed by atoms with Crippen molar-refractivity contribution in [3.8, 4) is 0 Å². The SMILES string of the molecule is C1CCC(NC2CCCCC2)CC1.O=C(O)CCCCCCCCCCC(=O)O. The van der Waals surface area contributed by atoms with Crippen LogP contribution >= 0.6 is 0 Å². The molecule has 0 saturated heterocycles. The molecule has 3 N–H and O–H groups in total. The molecule has 0 aromatic heterocycles. The van der Waals surface area contributed by atoms with Gasteiger partial charge in [0, 0.05) is 24.9 Å². The number of rotatable bonds is 13. The van der Waals surface area contributed by atoms with Crippen molar-refractivity contribution in [2.24, 2.45) is 0 Å². The van der Waals surface area contributed by atoms with E-state index in [9.17, 15) is 9.59 Å². The summed E-state index contributed by atoms with van der Waals surface area (Å²) in [6.45, 7) is 0. The lowest BCUT2D eigenvalue weighted by atomic mass is 9.91. The summed E-state index contributed by atoms with van der Waals surface area (Å²) in [5.74, 6) is -1.43. The molecule has 0 bridgehead atoms. The molecule has 2 aliphatic carbocycles. The van der Waals surface area contributed by atoms with E-state index in [-0.39, 0.29) is 12.8 Å². The molecular formula is C24H45NO4. The number of hydrogen-bond acceptors (Lipinski definition) is 3. The van der Waals surface area contributed by atoms with Crippen LogP contribution in [0.25, 0.3) is 0 Å². The van der Waals surface area contributed by atoms with Crippen molar-refractivity contribution in [1.29, 1.82) is 0 Å². The van der Waals surface area contributed by atoms with E-state index in [1.807, 2.05) is 0 Å². The minimum Gasteiger partial charge on any atom is -0.481 e. The van der Waals surface area contributed by atoms with Crippen LogP contribution in [0.2, 0.25) is 0 Å². The van der Waals surface area contributed by atoms with Gasteiger partial charge in [-0.05, 0) is 38.5 Å². The molecule has 0 amide bonds. The molecule has 5 nitrogen and oxygen atoms in total. The van der Waals surface area contributed by atoms with E-state index in [1.165, 1.54) is 64.2 Å². The molecule has 0 radical (unpaired) electrons. The van der Waals surface area contributed by atoms with Crippen LogP contribution < -0.4 is 5.32 Å². The summed E-state index contributed by atoms with van der Waals surface area (Å²) in [4.78, 5) is 20.4. The maximum absolute atomic E-state index is 10.2. The van der Waals surface area contributed by atoms with Crippen LogP contribution in [-0.4, -0.2) is 34.2 Å². The van der Waals surface area contributed by atoms with Crippen molar-refractivity contribution >= 4 is 11.9 Å². The second-order valence-electron chi connectivity index (χ2n) is 8.95. The summed E-state index contributed by atoms with van der Waals surface area (Å²) < 4.78 is 0. The fourth-order valence-corrected chi connectivity index (χ4v) is 4.48. The Hall–Kier alpha value is -1.10. The largest absolute Gasteiger partial charge is 0.481 e. The Labute approximate surface area is 178 Å². The first-order chi connectivity index (χ1) is 14.1. The molecule has 0 aromatic carbocycles. The standard InChI is InChI=1S/C12H23N.C12H22O4/c1-3-7-11(8-4-1)13-12-9-5-2-6-10-12;13-11(14)9-7-5-3-1-2-4-6-8-10-12(15)16/h11-13H,1-10H2;1-10H2,(H,13,14)(H,15,16). The van der Waals surface area contributed by atoms with Crippen LogP contribution in [0.1, 0.15) is 128 Å². The van der Waals surface area contributed by atoms with Gasteiger partial charge in [-0.2, -0.15) is 0 Å². The van der Waals surface area contributed by atoms with E-state index < -0.39 is 11.9 Å². The Morgan fingerprint density at radius 3 is 1.17 bits per heavy atom. The minimum absolute atomic E-state index is 0.276. The number of hydrogen-bond donors (Lipinski definition) is 3. The predicted molar refractivity (Wildman–Crippen MR) is 118 cm³/mol. The molecular weight excluding hydrogens is 366 g/mol. The van der Waals surface area contributed by atoms with Gasteiger partial charge in [-0.1, -0.05) is 77.0 Å². The van der Waals surface area contributed by atoms with Gasteiger partial charge in [0.2, 0.25) is 0 Å². The van der Waals surface area contributed by atoms with Gasteiger partial charge in [-0.25, -0.2) is 0 Å². The van der Waals surface area contributed by atoms with Gasteiger partial charge in [0.15, 0.2) is 0 Å². The first kappa shape index (κ1) is 25.9. The second kappa shape index (κ2) is 17.7. The Morgan fingerprint density at radius 2 is 0.862 bits per heavy atom. The topological polar surface area (TPSA) is 86.6 Å². The first-order valence-electron chi connectivity index (χ1n) is 12.3. The van der Waals surface area contributed by atoms with Gasteiger partial charge >= 0.3 is 11.9 Å². The highest BCUT2D eigenvalue weighted by Gasteiger charge is 2.19. The third kappa shape index (κ3) is 16.4. The molecule has 29 heavy (non-hydrogen) atoms. The monoisotopic (exact) mass is 411 g/mol. The molecule has 2 rings (SSSR count). The highest BCUT2D eigenvalue weighted by Crippen LogP contribution is 2.22. The van der Waals surface area contributed by atoms with Crippen molar-refractivity contribution in [2.45, 2.75) is 141 Å². The number of nitrogens with one attached hydrogen (secondary N) is 1. The summed E-state index contributed by atoms with van der Waals surface area (Å²) in [6, 6.07) is 1.74. The van der Waals surface area contributed by atoms with Crippen molar-refractivity contribution in [3.63, 3.8) is 0 Å². The first-order valence-corrected chi connectivity index (χ1v) is 12.3. The van der Waals surface area contributed by atoms with E-state index >= 15 is 0 Å². The average molecular weight is 412 g/mol. The zero-order valence-corrected chi connectivity index (χ0v) is 18.5. The van der Waals surface area contributed by atoms with Gasteiger partial charge in [-0.15, -0.1) is 0 Å². The predicted octanol–water partition coefficient (Wildman–Crippen LogP) is 6.30. The Balaban J connectivity index is 0.000000294. The van der Waals surface area contributed by atoms with E-state index in [1.54, 1.807) is 0 Å². The molecule has 0 atom stereocenters. The minimum atomic E-state index is -0.714. The number of aliphatic carboxylic acids is 2. The zero-order chi connectivity index (χ0) is 21.2. The van der Waals surface area contributed by atoms with E-state index in [0.717, 1.165) is 63.5 Å². The molecule has 170 valence electrons. The van der Waals surface area contributed by atoms with E-state index in [0.29, 0.717) is 0 Å². The summed E-state index contributed by atoms with van der Waals surface area (Å²) in [5.41, 5.74) is 0. The number of carboxylic acid groups (broad SMARTS) is 2. The van der Waals surface area contributed by atoms with Crippen LogP contribution in [0, 0.1) is 0 Å². The van der Waals surface area contributed by atoms with E-state index in [4.69, 9.17) is 10.2 Å². The average Bonchev–Trinajstić information content (AvgIpc) is 2.71. The summed E-state index contributed by atoms with van der Waals surface area (Å²) in [5, 5.41) is 20.7. The van der Waals surface area contributed by atoms with Crippen molar-refractivity contribution in [1.82, 2.24) is 5.32 Å². The smallest absolute Gasteiger partial charge is 0.303 e. The molecule has 0 spiro atoms. The second-order valence-corrected chi connectivity index (χ2v) is 8.95. The lowest BCUT2D eigenvalue weighted by Gasteiger charge is -2.30. The third-order valence-electron chi connectivity index (χ3n) is 6.21. The van der Waals surface area contributed by atoms with Crippen molar-refractivity contribution in [2.75, 3.05) is 0 Å². The molecule has 0 unspecified atom stereocenters. The molecule has 0 heterocycles. The van der Waals surface area contributed by atoms with Crippen LogP contribution in [0.15, 0.2) is 0 Å². The summed E-state index contributed by atoms with van der Waals surface area (Å²) >= 11 is 0. The molecule has 2 saturated carbocycles. The zero-order valence-electron chi connectivity index (χ0n) is 18.5. The highest BCUT2D eigenvalue weighted by molar-refractivity contribution is 5.66. The maximum atomic E-state index is 10.2. The quantitative estimate of drug-likeness (QED) is 0.310. The van der Waals surface area contributed by atoms with Crippen LogP contribution in [-0.2, 0) is 9.59 Å².